The maximum absolute atomic E-state index is 10.1. The second kappa shape index (κ2) is 3.90. The molecule has 4 heteroatoms. The van der Waals surface area contributed by atoms with Gasteiger partial charge in [-0.15, -0.1) is 0 Å². The van der Waals surface area contributed by atoms with Crippen LogP contribution in [0.3, 0.4) is 0 Å². The van der Waals surface area contributed by atoms with E-state index >= 15 is 0 Å². The molecule has 2 nitrogen and oxygen atoms in total. The fraction of sp³-hybridized carbons (Fsp3) is 0.400. The first kappa shape index (κ1) is 8.98. The van der Waals surface area contributed by atoms with Gasteiger partial charge < -0.3 is 5.11 Å². The minimum Gasteiger partial charge on any atom is -0.480 e. The summed E-state index contributed by atoms with van der Waals surface area (Å²) in [7, 11) is 0. The highest BCUT2D eigenvalue weighted by atomic mass is 79.9. The van der Waals surface area contributed by atoms with Gasteiger partial charge in [0.05, 0.1) is 0 Å². The smallest absolute Gasteiger partial charge is 0.317 e. The van der Waals surface area contributed by atoms with E-state index in [1.165, 1.54) is 0 Å². The number of alkyl halides is 1. The van der Waals surface area contributed by atoms with Crippen LogP contribution in [0.15, 0.2) is 11.6 Å². The van der Waals surface area contributed by atoms with Crippen LogP contribution in [-0.2, 0) is 4.79 Å². The standard InChI is InChI=1S/C5H6BrClO2/c1-3(7)2-4(6)5(8)9/h4H,1-2H2,(H,8,9). The molecule has 0 aromatic heterocycles. The van der Waals surface area contributed by atoms with Crippen molar-refractivity contribution in [3.05, 3.63) is 11.6 Å². The molecular weight excluding hydrogens is 207 g/mol. The molecule has 0 bridgehead atoms. The van der Waals surface area contributed by atoms with Crippen LogP contribution in [0.2, 0.25) is 0 Å². The van der Waals surface area contributed by atoms with Crippen LogP contribution in [0, 0.1) is 0 Å². The summed E-state index contributed by atoms with van der Waals surface area (Å²) in [6.07, 6.45) is 0.261. The number of carboxylic acid groups (broad SMARTS) is 1. The van der Waals surface area contributed by atoms with Gasteiger partial charge in [0.1, 0.15) is 4.83 Å². The summed E-state index contributed by atoms with van der Waals surface area (Å²) in [4.78, 5) is 9.48. The molecule has 0 heterocycles. The third-order valence-electron chi connectivity index (χ3n) is 0.669. The lowest BCUT2D eigenvalue weighted by molar-refractivity contribution is -0.136. The van der Waals surface area contributed by atoms with Crippen molar-refractivity contribution in [3.63, 3.8) is 0 Å². The molecule has 0 fully saturated rings. The lowest BCUT2D eigenvalue weighted by atomic mass is 10.3. The Morgan fingerprint density at radius 3 is 2.44 bits per heavy atom. The largest absolute Gasteiger partial charge is 0.480 e. The van der Waals surface area contributed by atoms with Crippen molar-refractivity contribution in [2.45, 2.75) is 11.2 Å². The van der Waals surface area contributed by atoms with Crippen molar-refractivity contribution >= 4 is 33.5 Å². The minimum atomic E-state index is -0.920. The van der Waals surface area contributed by atoms with Crippen molar-refractivity contribution in [1.29, 1.82) is 0 Å². The fourth-order valence-corrected chi connectivity index (χ4v) is 1.01. The van der Waals surface area contributed by atoms with Gasteiger partial charge in [0.15, 0.2) is 0 Å². The summed E-state index contributed by atoms with van der Waals surface area (Å²) in [6, 6.07) is 0. The molecular formula is C5H6BrClO2. The van der Waals surface area contributed by atoms with Crippen LogP contribution in [0.25, 0.3) is 0 Å². The summed E-state index contributed by atoms with van der Waals surface area (Å²) in [5.74, 6) is -0.920. The number of carbonyl (C=O) groups is 1. The quantitative estimate of drug-likeness (QED) is 0.728. The molecule has 1 unspecified atom stereocenters. The number of halogens is 2. The van der Waals surface area contributed by atoms with E-state index in [0.29, 0.717) is 5.03 Å². The van der Waals surface area contributed by atoms with Crippen molar-refractivity contribution in [1.82, 2.24) is 0 Å². The molecule has 0 saturated heterocycles. The van der Waals surface area contributed by atoms with Crippen molar-refractivity contribution < 1.29 is 9.90 Å². The third-order valence-corrected chi connectivity index (χ3v) is 1.54. The molecule has 0 aromatic carbocycles. The number of hydrogen-bond donors (Lipinski definition) is 1. The molecule has 0 aliphatic heterocycles. The highest BCUT2D eigenvalue weighted by Gasteiger charge is 2.12. The van der Waals surface area contributed by atoms with Crippen LogP contribution in [-0.4, -0.2) is 15.9 Å². The fourth-order valence-electron chi connectivity index (χ4n) is 0.282. The number of carboxylic acids is 1. The molecule has 0 radical (unpaired) electrons. The second-order valence-corrected chi connectivity index (χ2v) is 3.17. The van der Waals surface area contributed by atoms with E-state index in [2.05, 4.69) is 22.5 Å². The van der Waals surface area contributed by atoms with Crippen molar-refractivity contribution in [2.75, 3.05) is 0 Å². The average molecular weight is 213 g/mol. The Hall–Kier alpha value is -0.0200. The van der Waals surface area contributed by atoms with Crippen LogP contribution >= 0.6 is 27.5 Å². The molecule has 1 atom stereocenters. The van der Waals surface area contributed by atoms with Gasteiger partial charge in [-0.3, -0.25) is 4.79 Å². The molecule has 9 heavy (non-hydrogen) atoms. The Bertz CT molecular complexity index is 135. The Balaban J connectivity index is 3.63. The van der Waals surface area contributed by atoms with Crippen molar-refractivity contribution in [2.24, 2.45) is 0 Å². The van der Waals surface area contributed by atoms with E-state index in [-0.39, 0.29) is 6.42 Å². The second-order valence-electron chi connectivity index (χ2n) is 1.53. The van der Waals surface area contributed by atoms with Crippen LogP contribution in [0.4, 0.5) is 0 Å². The van der Waals surface area contributed by atoms with Crippen LogP contribution < -0.4 is 0 Å². The molecule has 0 aliphatic rings. The Labute approximate surface area is 66.6 Å². The Morgan fingerprint density at radius 2 is 2.33 bits per heavy atom. The maximum atomic E-state index is 10.1. The molecule has 0 aliphatic carbocycles. The normalized spacial score (nSPS) is 12.7. The van der Waals surface area contributed by atoms with Gasteiger partial charge in [-0.1, -0.05) is 34.1 Å². The highest BCUT2D eigenvalue weighted by Crippen LogP contribution is 2.13. The molecule has 52 valence electrons. The molecule has 0 aromatic rings. The van der Waals surface area contributed by atoms with Gasteiger partial charge in [-0.05, 0) is 0 Å². The number of allylic oxidation sites excluding steroid dienone is 1. The SMILES string of the molecule is C=C(Cl)CC(Br)C(=O)O. The molecule has 1 N–H and O–H groups in total. The lowest BCUT2D eigenvalue weighted by Crippen LogP contribution is -2.11. The third kappa shape index (κ3) is 4.48. The zero-order chi connectivity index (χ0) is 7.44. The summed E-state index contributed by atoms with van der Waals surface area (Å²) >= 11 is 8.23. The van der Waals surface area contributed by atoms with Gasteiger partial charge in [0, 0.05) is 11.5 Å². The first-order valence-electron chi connectivity index (χ1n) is 2.24. The zero-order valence-corrected chi connectivity index (χ0v) is 6.94. The molecule has 0 amide bonds. The monoisotopic (exact) mass is 212 g/mol. The van der Waals surface area contributed by atoms with E-state index in [1.807, 2.05) is 0 Å². The van der Waals surface area contributed by atoms with Gasteiger partial charge in [-0.25, -0.2) is 0 Å². The zero-order valence-electron chi connectivity index (χ0n) is 4.60. The van der Waals surface area contributed by atoms with E-state index in [9.17, 15) is 4.79 Å². The molecule has 0 saturated carbocycles. The first-order chi connectivity index (χ1) is 4.04. The predicted molar refractivity (Wildman–Crippen MR) is 40.0 cm³/mol. The maximum Gasteiger partial charge on any atom is 0.317 e. The Morgan fingerprint density at radius 1 is 1.89 bits per heavy atom. The van der Waals surface area contributed by atoms with E-state index in [4.69, 9.17) is 16.7 Å². The van der Waals surface area contributed by atoms with Gasteiger partial charge >= 0.3 is 5.97 Å². The van der Waals surface area contributed by atoms with Crippen LogP contribution in [0.5, 0.6) is 0 Å². The van der Waals surface area contributed by atoms with Gasteiger partial charge in [0.2, 0.25) is 0 Å². The van der Waals surface area contributed by atoms with Gasteiger partial charge in [0.25, 0.3) is 0 Å². The molecule has 0 spiro atoms. The number of hydrogen-bond acceptors (Lipinski definition) is 1. The summed E-state index contributed by atoms with van der Waals surface area (Å²) < 4.78 is 0. The highest BCUT2D eigenvalue weighted by molar-refractivity contribution is 9.10. The van der Waals surface area contributed by atoms with E-state index in [0.717, 1.165) is 0 Å². The van der Waals surface area contributed by atoms with Gasteiger partial charge in [-0.2, -0.15) is 0 Å². The molecule has 0 rings (SSSR count). The predicted octanol–water partition coefficient (Wildman–Crippen LogP) is 1.98. The number of rotatable bonds is 3. The summed E-state index contributed by atoms with van der Waals surface area (Å²) in [5.41, 5.74) is 0. The minimum absolute atomic E-state index is 0.261. The first-order valence-corrected chi connectivity index (χ1v) is 3.53. The van der Waals surface area contributed by atoms with E-state index < -0.39 is 10.8 Å². The topological polar surface area (TPSA) is 37.3 Å². The summed E-state index contributed by atoms with van der Waals surface area (Å²) in [6.45, 7) is 3.35. The number of aliphatic carboxylic acids is 1. The van der Waals surface area contributed by atoms with E-state index in [1.54, 1.807) is 0 Å². The average Bonchev–Trinajstić information content (AvgIpc) is 1.63. The Kier molecular flexibility index (Phi) is 3.89. The van der Waals surface area contributed by atoms with Crippen LogP contribution in [0.1, 0.15) is 6.42 Å². The summed E-state index contributed by atoms with van der Waals surface area (Å²) in [5, 5.41) is 8.63. The van der Waals surface area contributed by atoms with Crippen molar-refractivity contribution in [3.8, 4) is 0 Å². The lowest BCUT2D eigenvalue weighted by Gasteiger charge is -1.99.